The van der Waals surface area contributed by atoms with E-state index < -0.39 is 0 Å². The first-order valence-corrected chi connectivity index (χ1v) is 17.1. The fourth-order valence-corrected chi connectivity index (χ4v) is 8.83. The van der Waals surface area contributed by atoms with Crippen molar-refractivity contribution in [3.8, 4) is 28.2 Å². The summed E-state index contributed by atoms with van der Waals surface area (Å²) >= 11 is 0. The number of nitrogens with zero attached hydrogens (tertiary/aromatic N) is 3. The molecule has 0 bridgehead atoms. The van der Waals surface area contributed by atoms with Crippen LogP contribution in [-0.2, 0) is 6.42 Å². The monoisotopic (exact) mass is 625 g/mol. The number of hydrogen-bond donors (Lipinski definition) is 0. The van der Waals surface area contributed by atoms with E-state index in [9.17, 15) is 0 Å². The maximum absolute atomic E-state index is 4.67. The normalized spacial score (nSPS) is 14.3. The van der Waals surface area contributed by atoms with E-state index in [-0.39, 0.29) is 12.6 Å². The molecular formula is C45H32BN3. The van der Waals surface area contributed by atoms with Gasteiger partial charge >= 0.3 is 0 Å². The minimum absolute atomic E-state index is 0.0901. The molecule has 0 spiro atoms. The second-order valence-corrected chi connectivity index (χ2v) is 13.3. The van der Waals surface area contributed by atoms with Gasteiger partial charge in [-0.05, 0) is 71.1 Å². The molecular weight excluding hydrogens is 593 g/mol. The van der Waals surface area contributed by atoms with E-state index in [2.05, 4.69) is 161 Å². The van der Waals surface area contributed by atoms with Gasteiger partial charge in [0.05, 0.1) is 5.52 Å². The molecule has 10 rings (SSSR count). The van der Waals surface area contributed by atoms with Crippen LogP contribution in [0.2, 0.25) is 0 Å². The van der Waals surface area contributed by atoms with Crippen molar-refractivity contribution in [2.45, 2.75) is 19.3 Å². The van der Waals surface area contributed by atoms with E-state index in [4.69, 9.17) is 0 Å². The molecule has 230 valence electrons. The highest BCUT2D eigenvalue weighted by atomic mass is 15.0. The predicted molar refractivity (Wildman–Crippen MR) is 202 cm³/mol. The first kappa shape index (κ1) is 28.1. The Balaban J connectivity index is 1.23. The smallest absolute Gasteiger partial charge is 0.242 e. The fourth-order valence-electron chi connectivity index (χ4n) is 8.83. The molecule has 0 fully saturated rings. The summed E-state index contributed by atoms with van der Waals surface area (Å²) in [4.78, 5) is 9.33. The van der Waals surface area contributed by atoms with Gasteiger partial charge in [0, 0.05) is 52.6 Å². The molecule has 4 heteroatoms. The minimum Gasteiger partial charge on any atom is -0.313 e. The van der Waals surface area contributed by atoms with E-state index in [1.807, 2.05) is 18.5 Å². The fraction of sp³-hybridized carbons (Fsp3) is 0.0667. The van der Waals surface area contributed by atoms with Crippen molar-refractivity contribution < 1.29 is 0 Å². The van der Waals surface area contributed by atoms with E-state index in [0.29, 0.717) is 0 Å². The van der Waals surface area contributed by atoms with E-state index >= 15 is 0 Å². The molecule has 0 radical (unpaired) electrons. The van der Waals surface area contributed by atoms with Crippen molar-refractivity contribution >= 4 is 34.0 Å². The van der Waals surface area contributed by atoms with Crippen molar-refractivity contribution in [2.75, 3.05) is 0 Å². The highest BCUT2D eigenvalue weighted by Crippen LogP contribution is 2.45. The Labute approximate surface area is 286 Å². The number of fused-ring (bicyclic) bond motifs is 7. The number of aryl methyl sites for hydroxylation is 1. The van der Waals surface area contributed by atoms with Crippen LogP contribution in [0.3, 0.4) is 0 Å². The molecule has 1 aliphatic heterocycles. The largest absolute Gasteiger partial charge is 0.313 e. The van der Waals surface area contributed by atoms with Crippen LogP contribution in [0.1, 0.15) is 39.4 Å². The molecule has 0 N–H and O–H groups in total. The van der Waals surface area contributed by atoms with E-state index in [0.717, 1.165) is 17.8 Å². The van der Waals surface area contributed by atoms with Crippen molar-refractivity contribution in [3.63, 3.8) is 0 Å². The topological polar surface area (TPSA) is 30.7 Å². The van der Waals surface area contributed by atoms with Gasteiger partial charge in [0.25, 0.3) is 0 Å². The lowest BCUT2D eigenvalue weighted by atomic mass is 9.31. The van der Waals surface area contributed by atoms with Crippen LogP contribution in [0, 0.1) is 6.92 Å². The molecule has 0 saturated heterocycles. The third kappa shape index (κ3) is 4.23. The zero-order chi connectivity index (χ0) is 32.5. The highest BCUT2D eigenvalue weighted by Gasteiger charge is 2.40. The van der Waals surface area contributed by atoms with Crippen molar-refractivity contribution in [3.05, 3.63) is 191 Å². The van der Waals surface area contributed by atoms with Gasteiger partial charge in [-0.25, -0.2) is 9.97 Å². The summed E-state index contributed by atoms with van der Waals surface area (Å²) in [6.45, 7) is 2.37. The molecule has 49 heavy (non-hydrogen) atoms. The van der Waals surface area contributed by atoms with Gasteiger partial charge in [-0.3, -0.25) is 0 Å². The third-order valence-electron chi connectivity index (χ3n) is 10.7. The Hall–Kier alpha value is -6.00. The van der Waals surface area contributed by atoms with Crippen molar-refractivity contribution in [1.29, 1.82) is 0 Å². The first-order chi connectivity index (χ1) is 24.3. The summed E-state index contributed by atoms with van der Waals surface area (Å²) in [5, 5.41) is 1.31. The number of aromatic nitrogens is 3. The molecule has 2 aromatic heterocycles. The lowest BCUT2D eigenvalue weighted by Crippen LogP contribution is -2.59. The lowest BCUT2D eigenvalue weighted by molar-refractivity contribution is 0.982. The summed E-state index contributed by atoms with van der Waals surface area (Å²) in [5.41, 5.74) is 18.5. The quantitative estimate of drug-likeness (QED) is 0.186. The summed E-state index contributed by atoms with van der Waals surface area (Å²) < 4.78 is 2.49. The van der Waals surface area contributed by atoms with Crippen LogP contribution >= 0.6 is 0 Å². The maximum Gasteiger partial charge on any atom is 0.242 e. The molecule has 0 saturated carbocycles. The molecule has 8 aromatic rings. The molecule has 0 amide bonds. The van der Waals surface area contributed by atoms with Gasteiger partial charge < -0.3 is 4.57 Å². The van der Waals surface area contributed by atoms with Gasteiger partial charge in [0.2, 0.25) is 6.71 Å². The Morgan fingerprint density at radius 1 is 0.653 bits per heavy atom. The zero-order valence-electron chi connectivity index (χ0n) is 27.2. The lowest BCUT2D eigenvalue weighted by Gasteiger charge is -2.36. The second-order valence-electron chi connectivity index (χ2n) is 13.3. The van der Waals surface area contributed by atoms with Crippen LogP contribution in [0.4, 0.5) is 0 Å². The first-order valence-electron chi connectivity index (χ1n) is 17.1. The molecule has 6 aromatic carbocycles. The Bertz CT molecular complexity index is 2540. The van der Waals surface area contributed by atoms with Crippen LogP contribution in [0.5, 0.6) is 0 Å². The Kier molecular flexibility index (Phi) is 6.32. The molecule has 1 unspecified atom stereocenters. The van der Waals surface area contributed by atoms with Crippen LogP contribution < -0.4 is 16.4 Å². The zero-order valence-corrected chi connectivity index (χ0v) is 27.2. The van der Waals surface area contributed by atoms with Gasteiger partial charge in [0.15, 0.2) is 5.82 Å². The maximum atomic E-state index is 4.67. The average molecular weight is 626 g/mol. The predicted octanol–water partition coefficient (Wildman–Crippen LogP) is 7.98. The number of rotatable bonds is 4. The third-order valence-corrected chi connectivity index (χ3v) is 10.7. The standard InChI is InChI=1S/C45H32BN3/c1-29-26-31(45-47-24-13-25-48-45)27-37-42(30-14-4-2-5-15-30)34-18-8-10-21-38(34)46(44(29)37)39-22-12-20-33-36(39)28-41-43(33)35-19-9-11-23-40(35)49(41)32-16-6-3-7-17-32/h2-27,42H,28H2,1H3. The van der Waals surface area contributed by atoms with Crippen molar-refractivity contribution in [2.24, 2.45) is 0 Å². The summed E-state index contributed by atoms with van der Waals surface area (Å²) in [6.07, 6.45) is 4.55. The molecule has 1 atom stereocenters. The molecule has 3 heterocycles. The molecule has 1 aliphatic carbocycles. The highest BCUT2D eigenvalue weighted by molar-refractivity contribution is 6.97. The van der Waals surface area contributed by atoms with Gasteiger partial charge in [0.1, 0.15) is 0 Å². The number of hydrogen-bond acceptors (Lipinski definition) is 2. The number of benzene rings is 6. The van der Waals surface area contributed by atoms with E-state index in [1.54, 1.807) is 0 Å². The van der Waals surface area contributed by atoms with E-state index in [1.165, 1.54) is 77.6 Å². The molecule has 2 aliphatic rings. The van der Waals surface area contributed by atoms with Gasteiger partial charge in [-0.2, -0.15) is 0 Å². The minimum atomic E-state index is 0.0901. The second kappa shape index (κ2) is 11.0. The number of para-hydroxylation sites is 2. The van der Waals surface area contributed by atoms with Gasteiger partial charge in [-0.15, -0.1) is 0 Å². The summed E-state index contributed by atoms with van der Waals surface area (Å²) in [6, 6.07) is 53.4. The Morgan fingerprint density at radius 2 is 1.37 bits per heavy atom. The van der Waals surface area contributed by atoms with Crippen LogP contribution in [-0.4, -0.2) is 21.2 Å². The average Bonchev–Trinajstić information content (AvgIpc) is 3.70. The van der Waals surface area contributed by atoms with Gasteiger partial charge in [-0.1, -0.05) is 131 Å². The summed E-state index contributed by atoms with van der Waals surface area (Å²) in [5.74, 6) is 0.864. The SMILES string of the molecule is Cc1cc(-c2ncccn2)cc2c1B(c1cccc3c1Cc1c-3c3ccccc3n1-c1ccccc1)c1ccccc1C2c1ccccc1. The van der Waals surface area contributed by atoms with Crippen LogP contribution in [0.15, 0.2) is 158 Å². The Morgan fingerprint density at radius 3 is 2.20 bits per heavy atom. The summed E-state index contributed by atoms with van der Waals surface area (Å²) in [7, 11) is 0. The van der Waals surface area contributed by atoms with Crippen molar-refractivity contribution in [1.82, 2.24) is 14.5 Å². The van der Waals surface area contributed by atoms with Crippen LogP contribution in [0.25, 0.3) is 39.1 Å². The molecule has 3 nitrogen and oxygen atoms in total.